The minimum Gasteiger partial charge on any atom is -0.468 e. The van der Waals surface area contributed by atoms with E-state index in [0.29, 0.717) is 0 Å². The van der Waals surface area contributed by atoms with E-state index in [1.165, 1.54) is 5.56 Å². The van der Waals surface area contributed by atoms with Gasteiger partial charge in [0.05, 0.1) is 12.8 Å². The fraction of sp³-hybridized carbons (Fsp3) is 0.714. The summed E-state index contributed by atoms with van der Waals surface area (Å²) in [5.74, 6) is 1.08. The molecule has 1 rings (SSSR count). The maximum Gasteiger partial charge on any atom is 0.122 e. The van der Waals surface area contributed by atoms with Gasteiger partial charge in [-0.05, 0) is 39.9 Å². The summed E-state index contributed by atoms with van der Waals surface area (Å²) in [4.78, 5) is 2.35. The quantitative estimate of drug-likeness (QED) is 0.791. The van der Waals surface area contributed by atoms with Crippen LogP contribution in [0.5, 0.6) is 0 Å². The highest BCUT2D eigenvalue weighted by Crippen LogP contribution is 2.21. The van der Waals surface area contributed by atoms with E-state index in [0.717, 1.165) is 31.8 Å². The Balaban J connectivity index is 2.65. The van der Waals surface area contributed by atoms with Crippen molar-refractivity contribution in [2.45, 2.75) is 52.7 Å². The summed E-state index contributed by atoms with van der Waals surface area (Å²) < 4.78 is 5.59. The average molecular weight is 238 g/mol. The zero-order valence-corrected chi connectivity index (χ0v) is 11.8. The molecule has 0 aliphatic rings. The summed E-state index contributed by atoms with van der Waals surface area (Å²) in [6, 6.07) is 2.06. The normalized spacial score (nSPS) is 12.4. The monoisotopic (exact) mass is 238 g/mol. The van der Waals surface area contributed by atoms with Gasteiger partial charge in [-0.1, -0.05) is 13.8 Å². The molecule has 0 aromatic carbocycles. The molecule has 0 spiro atoms. The van der Waals surface area contributed by atoms with E-state index in [2.05, 4.69) is 51.0 Å². The molecule has 0 unspecified atom stereocenters. The first-order valence-electron chi connectivity index (χ1n) is 6.48. The summed E-state index contributed by atoms with van der Waals surface area (Å²) in [6.45, 7) is 11.6. The molecule has 3 heteroatoms. The summed E-state index contributed by atoms with van der Waals surface area (Å²) in [6.07, 6.45) is 2.92. The number of hydrogen-bond donors (Lipinski definition) is 1. The third-order valence-corrected chi connectivity index (χ3v) is 3.68. The van der Waals surface area contributed by atoms with Crippen LogP contribution in [-0.2, 0) is 13.1 Å². The van der Waals surface area contributed by atoms with Gasteiger partial charge in [-0.15, -0.1) is 0 Å². The highest BCUT2D eigenvalue weighted by Gasteiger charge is 2.22. The molecule has 0 aliphatic carbocycles. The topological polar surface area (TPSA) is 28.4 Å². The Labute approximate surface area is 105 Å². The van der Waals surface area contributed by atoms with Crippen molar-refractivity contribution in [2.24, 2.45) is 0 Å². The van der Waals surface area contributed by atoms with Crippen molar-refractivity contribution >= 4 is 0 Å². The molecule has 0 saturated carbocycles. The maximum absolute atomic E-state index is 5.59. The Hall–Kier alpha value is -0.800. The van der Waals surface area contributed by atoms with Gasteiger partial charge in [0.15, 0.2) is 0 Å². The zero-order chi connectivity index (χ0) is 12.9. The van der Waals surface area contributed by atoms with Gasteiger partial charge >= 0.3 is 0 Å². The molecule has 0 saturated heterocycles. The van der Waals surface area contributed by atoms with Crippen LogP contribution in [0.3, 0.4) is 0 Å². The molecule has 98 valence electrons. The summed E-state index contributed by atoms with van der Waals surface area (Å²) in [7, 11) is 2.16. The van der Waals surface area contributed by atoms with E-state index in [4.69, 9.17) is 4.42 Å². The molecule has 17 heavy (non-hydrogen) atoms. The van der Waals surface area contributed by atoms with Crippen LogP contribution in [0.25, 0.3) is 0 Å². The highest BCUT2D eigenvalue weighted by atomic mass is 16.3. The standard InChI is InChI=1S/C14H26N2O/c1-6-14(3,4)16(5)11-13-12(8-9-17-13)10-15-7-2/h8-9,15H,6-7,10-11H2,1-5H3. The van der Waals surface area contributed by atoms with Crippen LogP contribution in [0.2, 0.25) is 0 Å². The largest absolute Gasteiger partial charge is 0.468 e. The predicted molar refractivity (Wildman–Crippen MR) is 71.9 cm³/mol. The first-order chi connectivity index (χ1) is 8.01. The van der Waals surface area contributed by atoms with Gasteiger partial charge in [0.1, 0.15) is 5.76 Å². The third kappa shape index (κ3) is 3.86. The van der Waals surface area contributed by atoms with Crippen molar-refractivity contribution in [3.8, 4) is 0 Å². The van der Waals surface area contributed by atoms with Gasteiger partial charge in [-0.3, -0.25) is 4.90 Å². The van der Waals surface area contributed by atoms with Crippen molar-refractivity contribution in [3.63, 3.8) is 0 Å². The second-order valence-electron chi connectivity index (χ2n) is 5.17. The highest BCUT2D eigenvalue weighted by molar-refractivity contribution is 5.17. The van der Waals surface area contributed by atoms with Gasteiger partial charge in [0.2, 0.25) is 0 Å². The molecular weight excluding hydrogens is 212 g/mol. The van der Waals surface area contributed by atoms with Crippen LogP contribution < -0.4 is 5.32 Å². The van der Waals surface area contributed by atoms with Crippen molar-refractivity contribution in [1.29, 1.82) is 0 Å². The second kappa shape index (κ2) is 6.22. The van der Waals surface area contributed by atoms with E-state index >= 15 is 0 Å². The van der Waals surface area contributed by atoms with E-state index in [1.54, 1.807) is 6.26 Å². The summed E-state index contributed by atoms with van der Waals surface area (Å²) in [5, 5.41) is 3.34. The predicted octanol–water partition coefficient (Wildman–Crippen LogP) is 3.01. The van der Waals surface area contributed by atoms with Gasteiger partial charge in [-0.2, -0.15) is 0 Å². The fourth-order valence-electron chi connectivity index (χ4n) is 1.62. The molecular formula is C14H26N2O. The van der Waals surface area contributed by atoms with Gasteiger partial charge in [0, 0.05) is 17.6 Å². The zero-order valence-electron chi connectivity index (χ0n) is 11.8. The smallest absolute Gasteiger partial charge is 0.122 e. The molecule has 0 radical (unpaired) electrons. The van der Waals surface area contributed by atoms with Crippen LogP contribution in [0.4, 0.5) is 0 Å². The molecule has 0 bridgehead atoms. The Morgan fingerprint density at radius 2 is 2.06 bits per heavy atom. The molecule has 3 nitrogen and oxygen atoms in total. The molecule has 1 aromatic rings. The average Bonchev–Trinajstić information content (AvgIpc) is 2.73. The molecule has 0 fully saturated rings. The maximum atomic E-state index is 5.59. The lowest BCUT2D eigenvalue weighted by Gasteiger charge is -2.34. The van der Waals surface area contributed by atoms with Crippen molar-refractivity contribution in [2.75, 3.05) is 13.6 Å². The van der Waals surface area contributed by atoms with E-state index in [-0.39, 0.29) is 5.54 Å². The molecule has 1 aromatic heterocycles. The minimum atomic E-state index is 0.211. The van der Waals surface area contributed by atoms with Gasteiger partial charge < -0.3 is 9.73 Å². The fourth-order valence-corrected chi connectivity index (χ4v) is 1.62. The van der Waals surface area contributed by atoms with E-state index < -0.39 is 0 Å². The lowest BCUT2D eigenvalue weighted by Crippen LogP contribution is -2.39. The first-order valence-corrected chi connectivity index (χ1v) is 6.48. The molecule has 0 atom stereocenters. The van der Waals surface area contributed by atoms with Crippen molar-refractivity contribution < 1.29 is 4.42 Å². The minimum absolute atomic E-state index is 0.211. The summed E-state index contributed by atoms with van der Waals surface area (Å²) in [5.41, 5.74) is 1.48. The third-order valence-electron chi connectivity index (χ3n) is 3.68. The van der Waals surface area contributed by atoms with E-state index in [1.807, 2.05) is 0 Å². The van der Waals surface area contributed by atoms with Crippen molar-refractivity contribution in [1.82, 2.24) is 10.2 Å². The lowest BCUT2D eigenvalue weighted by molar-refractivity contribution is 0.132. The van der Waals surface area contributed by atoms with Gasteiger partial charge in [-0.25, -0.2) is 0 Å². The van der Waals surface area contributed by atoms with Crippen LogP contribution in [0.1, 0.15) is 45.4 Å². The van der Waals surface area contributed by atoms with Crippen molar-refractivity contribution in [3.05, 3.63) is 23.7 Å². The summed E-state index contributed by atoms with van der Waals surface area (Å²) >= 11 is 0. The molecule has 0 amide bonds. The SMILES string of the molecule is CCNCc1ccoc1CN(C)C(C)(C)CC. The Morgan fingerprint density at radius 1 is 1.35 bits per heavy atom. The lowest BCUT2D eigenvalue weighted by atomic mass is 9.99. The number of rotatable bonds is 7. The van der Waals surface area contributed by atoms with Crippen LogP contribution in [0, 0.1) is 0 Å². The number of nitrogens with zero attached hydrogens (tertiary/aromatic N) is 1. The molecule has 1 N–H and O–H groups in total. The number of furan rings is 1. The van der Waals surface area contributed by atoms with Crippen LogP contribution in [-0.4, -0.2) is 24.0 Å². The van der Waals surface area contributed by atoms with Crippen LogP contribution in [0.15, 0.2) is 16.7 Å². The Bertz CT molecular complexity index is 331. The Morgan fingerprint density at radius 3 is 2.65 bits per heavy atom. The van der Waals surface area contributed by atoms with Crippen LogP contribution >= 0.6 is 0 Å². The molecule has 0 aliphatic heterocycles. The number of nitrogens with one attached hydrogen (secondary N) is 1. The first kappa shape index (κ1) is 14.3. The van der Waals surface area contributed by atoms with Gasteiger partial charge in [0.25, 0.3) is 0 Å². The Kier molecular flexibility index (Phi) is 5.22. The second-order valence-corrected chi connectivity index (χ2v) is 5.17. The van der Waals surface area contributed by atoms with E-state index in [9.17, 15) is 0 Å². The number of hydrogen-bond acceptors (Lipinski definition) is 3. The molecule has 1 heterocycles.